The first-order valence-electron chi connectivity index (χ1n) is 4.96. The first-order chi connectivity index (χ1) is 7.56. The van der Waals surface area contributed by atoms with Gasteiger partial charge < -0.3 is 16.2 Å². The zero-order valence-corrected chi connectivity index (χ0v) is 9.70. The van der Waals surface area contributed by atoms with Crippen LogP contribution in [0.25, 0.3) is 0 Å². The molecule has 0 spiro atoms. The van der Waals surface area contributed by atoms with Gasteiger partial charge >= 0.3 is 0 Å². The number of aliphatic hydroxyl groups is 1. The Hall–Kier alpha value is -1.11. The number of nitrogens with two attached hydrogens (primary N) is 1. The number of nitrogen functional groups attached to an aromatic ring is 1. The van der Waals surface area contributed by atoms with Crippen molar-refractivity contribution in [2.75, 3.05) is 31.2 Å². The predicted molar refractivity (Wildman–Crippen MR) is 62.9 cm³/mol. The minimum atomic E-state index is -3.26. The molecule has 0 unspecified atom stereocenters. The van der Waals surface area contributed by atoms with Crippen molar-refractivity contribution in [3.05, 3.63) is 24.3 Å². The number of rotatable bonds is 6. The van der Waals surface area contributed by atoms with E-state index in [9.17, 15) is 8.42 Å². The number of nitrogens with one attached hydrogen (secondary N) is 1. The standard InChI is InChI=1S/C10H16N2O3S/c11-9-1-3-10(4-2-9)16(14,15)8-6-12-5-7-13/h1-4,12-13H,5-8,11H2. The van der Waals surface area contributed by atoms with Crippen molar-refractivity contribution in [3.63, 3.8) is 0 Å². The number of sulfone groups is 1. The molecule has 0 atom stereocenters. The highest BCUT2D eigenvalue weighted by Crippen LogP contribution is 2.12. The van der Waals surface area contributed by atoms with Gasteiger partial charge in [-0.3, -0.25) is 0 Å². The summed E-state index contributed by atoms with van der Waals surface area (Å²) in [6.07, 6.45) is 0. The molecule has 1 rings (SSSR count). The molecular weight excluding hydrogens is 228 g/mol. The molecule has 0 aliphatic carbocycles. The lowest BCUT2D eigenvalue weighted by atomic mass is 10.3. The Balaban J connectivity index is 2.60. The third-order valence-corrected chi connectivity index (χ3v) is 3.81. The van der Waals surface area contributed by atoms with Gasteiger partial charge in [-0.05, 0) is 24.3 Å². The maximum absolute atomic E-state index is 11.8. The Kier molecular flexibility index (Phi) is 4.72. The highest BCUT2D eigenvalue weighted by molar-refractivity contribution is 7.91. The number of aliphatic hydroxyl groups excluding tert-OH is 1. The summed E-state index contributed by atoms with van der Waals surface area (Å²) in [7, 11) is -3.26. The molecule has 0 radical (unpaired) electrons. The summed E-state index contributed by atoms with van der Waals surface area (Å²) in [5.74, 6) is 0.0108. The first-order valence-corrected chi connectivity index (χ1v) is 6.61. The topological polar surface area (TPSA) is 92.4 Å². The summed E-state index contributed by atoms with van der Waals surface area (Å²) in [5.41, 5.74) is 6.01. The Morgan fingerprint density at radius 1 is 1.19 bits per heavy atom. The second-order valence-electron chi connectivity index (χ2n) is 3.36. The number of anilines is 1. The average molecular weight is 244 g/mol. The predicted octanol–water partition coefficient (Wildman–Crippen LogP) is -0.376. The minimum Gasteiger partial charge on any atom is -0.399 e. The summed E-state index contributed by atoms with van der Waals surface area (Å²) in [6, 6.07) is 6.12. The van der Waals surface area contributed by atoms with Crippen molar-refractivity contribution in [2.45, 2.75) is 4.90 Å². The molecule has 0 bridgehead atoms. The fourth-order valence-corrected chi connectivity index (χ4v) is 2.40. The van der Waals surface area contributed by atoms with Crippen molar-refractivity contribution in [2.24, 2.45) is 0 Å². The second kappa shape index (κ2) is 5.83. The van der Waals surface area contributed by atoms with Crippen molar-refractivity contribution in [3.8, 4) is 0 Å². The van der Waals surface area contributed by atoms with Gasteiger partial charge in [-0.15, -0.1) is 0 Å². The fourth-order valence-electron chi connectivity index (χ4n) is 1.20. The molecule has 16 heavy (non-hydrogen) atoms. The van der Waals surface area contributed by atoms with E-state index in [0.29, 0.717) is 18.8 Å². The van der Waals surface area contributed by atoms with Gasteiger partial charge in [0.2, 0.25) is 0 Å². The third kappa shape index (κ3) is 3.80. The van der Waals surface area contributed by atoms with E-state index < -0.39 is 9.84 Å². The van der Waals surface area contributed by atoms with Crippen LogP contribution in [0.5, 0.6) is 0 Å². The van der Waals surface area contributed by atoms with Crippen LogP contribution >= 0.6 is 0 Å². The molecule has 0 saturated heterocycles. The van der Waals surface area contributed by atoms with Crippen LogP contribution in [0.1, 0.15) is 0 Å². The van der Waals surface area contributed by atoms with Crippen LogP contribution < -0.4 is 11.1 Å². The van der Waals surface area contributed by atoms with Gasteiger partial charge in [0.25, 0.3) is 0 Å². The summed E-state index contributed by atoms with van der Waals surface area (Å²) >= 11 is 0. The number of hydrogen-bond acceptors (Lipinski definition) is 5. The smallest absolute Gasteiger partial charge is 0.179 e. The van der Waals surface area contributed by atoms with E-state index in [1.54, 1.807) is 12.1 Å². The van der Waals surface area contributed by atoms with E-state index in [0.717, 1.165) is 0 Å². The zero-order chi connectivity index (χ0) is 12.0. The van der Waals surface area contributed by atoms with Gasteiger partial charge in [0.05, 0.1) is 17.3 Å². The normalized spacial score (nSPS) is 11.6. The van der Waals surface area contributed by atoms with Gasteiger partial charge in [0, 0.05) is 18.8 Å². The molecule has 90 valence electrons. The Bertz CT molecular complexity index is 414. The molecule has 1 aromatic carbocycles. The molecule has 0 saturated carbocycles. The number of benzene rings is 1. The van der Waals surface area contributed by atoms with Crippen LogP contribution in [0.2, 0.25) is 0 Å². The molecule has 0 aromatic heterocycles. The van der Waals surface area contributed by atoms with E-state index in [-0.39, 0.29) is 17.3 Å². The van der Waals surface area contributed by atoms with E-state index in [4.69, 9.17) is 10.8 Å². The largest absolute Gasteiger partial charge is 0.399 e. The molecule has 4 N–H and O–H groups in total. The molecule has 0 amide bonds. The maximum atomic E-state index is 11.8. The summed E-state index contributed by atoms with van der Waals surface area (Å²) < 4.78 is 23.5. The lowest BCUT2D eigenvalue weighted by Gasteiger charge is -2.05. The zero-order valence-electron chi connectivity index (χ0n) is 8.89. The molecule has 0 heterocycles. The SMILES string of the molecule is Nc1ccc(S(=O)(=O)CCNCCO)cc1. The second-order valence-corrected chi connectivity index (χ2v) is 5.47. The van der Waals surface area contributed by atoms with Gasteiger partial charge in [-0.2, -0.15) is 0 Å². The van der Waals surface area contributed by atoms with Crippen molar-refractivity contribution >= 4 is 15.5 Å². The Morgan fingerprint density at radius 2 is 1.81 bits per heavy atom. The lowest BCUT2D eigenvalue weighted by Crippen LogP contribution is -2.25. The fraction of sp³-hybridized carbons (Fsp3) is 0.400. The van der Waals surface area contributed by atoms with Gasteiger partial charge in [-0.25, -0.2) is 8.42 Å². The van der Waals surface area contributed by atoms with Gasteiger partial charge in [0.1, 0.15) is 0 Å². The van der Waals surface area contributed by atoms with Crippen LogP contribution in [0.3, 0.4) is 0 Å². The van der Waals surface area contributed by atoms with Crippen LogP contribution in [-0.2, 0) is 9.84 Å². The van der Waals surface area contributed by atoms with E-state index in [2.05, 4.69) is 5.32 Å². The highest BCUT2D eigenvalue weighted by atomic mass is 32.2. The summed E-state index contributed by atoms with van der Waals surface area (Å²) in [4.78, 5) is 0.271. The quantitative estimate of drug-likeness (QED) is 0.469. The highest BCUT2D eigenvalue weighted by Gasteiger charge is 2.13. The molecule has 0 aliphatic rings. The molecule has 5 nitrogen and oxygen atoms in total. The van der Waals surface area contributed by atoms with E-state index in [1.165, 1.54) is 12.1 Å². The minimum absolute atomic E-state index is 0.00190. The molecule has 1 aromatic rings. The molecule has 6 heteroatoms. The van der Waals surface area contributed by atoms with E-state index in [1.807, 2.05) is 0 Å². The monoisotopic (exact) mass is 244 g/mol. The first kappa shape index (κ1) is 13.0. The van der Waals surface area contributed by atoms with Crippen LogP contribution in [-0.4, -0.2) is 39.0 Å². The lowest BCUT2D eigenvalue weighted by molar-refractivity contribution is 0.293. The molecule has 0 aliphatic heterocycles. The summed E-state index contributed by atoms with van der Waals surface area (Å²) in [5, 5.41) is 11.3. The number of hydrogen-bond donors (Lipinski definition) is 3. The van der Waals surface area contributed by atoms with Crippen LogP contribution in [0, 0.1) is 0 Å². The third-order valence-electron chi connectivity index (χ3n) is 2.08. The van der Waals surface area contributed by atoms with E-state index >= 15 is 0 Å². The molecule has 0 fully saturated rings. The Labute approximate surface area is 95.2 Å². The Morgan fingerprint density at radius 3 is 2.38 bits per heavy atom. The van der Waals surface area contributed by atoms with Gasteiger partial charge in [-0.1, -0.05) is 0 Å². The molecular formula is C10H16N2O3S. The van der Waals surface area contributed by atoms with Crippen molar-refractivity contribution in [1.29, 1.82) is 0 Å². The maximum Gasteiger partial charge on any atom is 0.179 e. The van der Waals surface area contributed by atoms with Crippen LogP contribution in [0.15, 0.2) is 29.2 Å². The van der Waals surface area contributed by atoms with Crippen LogP contribution in [0.4, 0.5) is 5.69 Å². The summed E-state index contributed by atoms with van der Waals surface area (Å²) in [6.45, 7) is 0.729. The van der Waals surface area contributed by atoms with Gasteiger partial charge in [0.15, 0.2) is 9.84 Å². The average Bonchev–Trinajstić information content (AvgIpc) is 2.25. The van der Waals surface area contributed by atoms with Crippen molar-refractivity contribution in [1.82, 2.24) is 5.32 Å². The van der Waals surface area contributed by atoms with Crippen molar-refractivity contribution < 1.29 is 13.5 Å².